The fourth-order valence-corrected chi connectivity index (χ4v) is 3.65. The van der Waals surface area contributed by atoms with Crippen molar-refractivity contribution in [1.82, 2.24) is 15.3 Å². The van der Waals surface area contributed by atoms with E-state index in [4.69, 9.17) is 0 Å². The summed E-state index contributed by atoms with van der Waals surface area (Å²) in [5.41, 5.74) is 1.24. The second kappa shape index (κ2) is 7.88. The molecule has 27 heavy (non-hydrogen) atoms. The number of benzene rings is 1. The lowest BCUT2D eigenvalue weighted by Crippen LogP contribution is -2.33. The third kappa shape index (κ3) is 4.43. The molecular weight excluding hydrogens is 375 g/mol. The van der Waals surface area contributed by atoms with E-state index in [2.05, 4.69) is 15.3 Å². The first-order chi connectivity index (χ1) is 12.8. The molecule has 0 fully saturated rings. The standard InChI is InChI=1S/C19H20F3N3OS/c1-3-11(2)23-15(26)10-27-18-24-16-13-7-5-4-6-12(13)8-9-14(16)17(25-18)19(20,21)22/h4-7,11H,3,8-10H2,1-2H3,(H,23,26)/t11-/m0/s1. The third-order valence-corrected chi connectivity index (χ3v) is 5.37. The number of aromatic nitrogens is 2. The van der Waals surface area contributed by atoms with Gasteiger partial charge in [-0.2, -0.15) is 13.2 Å². The van der Waals surface area contributed by atoms with Crippen molar-refractivity contribution in [3.63, 3.8) is 0 Å². The van der Waals surface area contributed by atoms with Gasteiger partial charge in [0.15, 0.2) is 10.9 Å². The molecule has 1 N–H and O–H groups in total. The second-order valence-electron chi connectivity index (χ2n) is 6.50. The summed E-state index contributed by atoms with van der Waals surface area (Å²) in [5, 5.41) is 2.75. The Bertz CT molecular complexity index is 855. The number of fused-ring (bicyclic) bond motifs is 3. The van der Waals surface area contributed by atoms with Crippen LogP contribution in [0.5, 0.6) is 0 Å². The molecule has 4 nitrogen and oxygen atoms in total. The van der Waals surface area contributed by atoms with Gasteiger partial charge in [0.1, 0.15) is 0 Å². The fourth-order valence-electron chi connectivity index (χ4n) is 3.00. The number of nitrogens with one attached hydrogen (secondary N) is 1. The third-order valence-electron chi connectivity index (χ3n) is 4.52. The number of thioether (sulfide) groups is 1. The van der Waals surface area contributed by atoms with Crippen molar-refractivity contribution < 1.29 is 18.0 Å². The van der Waals surface area contributed by atoms with Gasteiger partial charge < -0.3 is 5.32 Å². The number of rotatable bonds is 5. The lowest BCUT2D eigenvalue weighted by atomic mass is 9.88. The maximum Gasteiger partial charge on any atom is 0.433 e. The molecule has 0 radical (unpaired) electrons. The highest BCUT2D eigenvalue weighted by molar-refractivity contribution is 7.99. The molecule has 1 aromatic heterocycles. The number of halogens is 3. The predicted molar refractivity (Wildman–Crippen MR) is 98.5 cm³/mol. The van der Waals surface area contributed by atoms with Crippen molar-refractivity contribution in [3.8, 4) is 11.3 Å². The molecule has 1 amide bonds. The highest BCUT2D eigenvalue weighted by Crippen LogP contribution is 2.40. The number of nitrogens with zero attached hydrogens (tertiary/aromatic N) is 2. The maximum absolute atomic E-state index is 13.6. The van der Waals surface area contributed by atoms with Gasteiger partial charge in [0.25, 0.3) is 0 Å². The van der Waals surface area contributed by atoms with E-state index in [0.717, 1.165) is 23.7 Å². The first kappa shape index (κ1) is 19.7. The zero-order valence-corrected chi connectivity index (χ0v) is 15.9. The topological polar surface area (TPSA) is 54.9 Å². The van der Waals surface area contributed by atoms with E-state index in [1.54, 1.807) is 12.1 Å². The van der Waals surface area contributed by atoms with Gasteiger partial charge in [0.05, 0.1) is 11.4 Å². The number of hydrogen-bond donors (Lipinski definition) is 1. The van der Waals surface area contributed by atoms with Gasteiger partial charge in [-0.1, -0.05) is 43.0 Å². The Morgan fingerprint density at radius 1 is 1.26 bits per heavy atom. The zero-order chi connectivity index (χ0) is 19.6. The summed E-state index contributed by atoms with van der Waals surface area (Å²) in [5.74, 6) is -0.271. The largest absolute Gasteiger partial charge is 0.433 e. The van der Waals surface area contributed by atoms with Crippen LogP contribution in [-0.4, -0.2) is 27.7 Å². The Kier molecular flexibility index (Phi) is 5.74. The molecule has 3 rings (SSSR count). The van der Waals surface area contributed by atoms with Crippen molar-refractivity contribution in [2.45, 2.75) is 50.5 Å². The van der Waals surface area contributed by atoms with Gasteiger partial charge in [0, 0.05) is 17.2 Å². The van der Waals surface area contributed by atoms with Gasteiger partial charge in [0.2, 0.25) is 5.91 Å². The summed E-state index contributed by atoms with van der Waals surface area (Å²) in [6, 6.07) is 7.35. The first-order valence-electron chi connectivity index (χ1n) is 8.78. The van der Waals surface area contributed by atoms with Crippen LogP contribution in [0.3, 0.4) is 0 Å². The highest BCUT2D eigenvalue weighted by Gasteiger charge is 2.38. The predicted octanol–water partition coefficient (Wildman–Crippen LogP) is 4.27. The molecule has 1 aromatic carbocycles. The Morgan fingerprint density at radius 3 is 2.70 bits per heavy atom. The van der Waals surface area contributed by atoms with Crippen molar-refractivity contribution in [2.24, 2.45) is 0 Å². The number of carbonyl (C=O) groups excluding carboxylic acids is 1. The summed E-state index contributed by atoms with van der Waals surface area (Å²) in [6.45, 7) is 3.81. The lowest BCUT2D eigenvalue weighted by molar-refractivity contribution is -0.142. The molecule has 1 aliphatic rings. The van der Waals surface area contributed by atoms with Crippen LogP contribution in [0.4, 0.5) is 13.2 Å². The van der Waals surface area contributed by atoms with Crippen LogP contribution >= 0.6 is 11.8 Å². The molecular formula is C19H20F3N3OS. The molecule has 1 heterocycles. The summed E-state index contributed by atoms with van der Waals surface area (Å²) in [7, 11) is 0. The summed E-state index contributed by atoms with van der Waals surface area (Å²) >= 11 is 0.925. The Hall–Kier alpha value is -2.09. The average Bonchev–Trinajstić information content (AvgIpc) is 2.64. The molecule has 0 saturated heterocycles. The van der Waals surface area contributed by atoms with Crippen LogP contribution in [0.2, 0.25) is 0 Å². The van der Waals surface area contributed by atoms with Crippen LogP contribution < -0.4 is 5.32 Å². The normalized spacial score (nSPS) is 14.3. The number of alkyl halides is 3. The number of hydrogen-bond acceptors (Lipinski definition) is 4. The van der Waals surface area contributed by atoms with Crippen molar-refractivity contribution in [3.05, 3.63) is 41.1 Å². The maximum atomic E-state index is 13.6. The van der Waals surface area contributed by atoms with Crippen molar-refractivity contribution in [1.29, 1.82) is 0 Å². The molecule has 1 aliphatic carbocycles. The van der Waals surface area contributed by atoms with E-state index < -0.39 is 11.9 Å². The van der Waals surface area contributed by atoms with Crippen molar-refractivity contribution >= 4 is 17.7 Å². The van der Waals surface area contributed by atoms with E-state index in [9.17, 15) is 18.0 Å². The Labute approximate surface area is 160 Å². The molecule has 144 valence electrons. The van der Waals surface area contributed by atoms with Crippen LogP contribution in [-0.2, 0) is 23.8 Å². The van der Waals surface area contributed by atoms with E-state index in [1.807, 2.05) is 26.0 Å². The number of carbonyl (C=O) groups is 1. The van der Waals surface area contributed by atoms with Crippen molar-refractivity contribution in [2.75, 3.05) is 5.75 Å². The molecule has 2 aromatic rings. The number of aryl methyl sites for hydroxylation is 1. The van der Waals surface area contributed by atoms with Crippen LogP contribution in [0.15, 0.2) is 29.4 Å². The van der Waals surface area contributed by atoms with Crippen LogP contribution in [0.25, 0.3) is 11.3 Å². The SMILES string of the molecule is CC[C@H](C)NC(=O)CSc1nc2c(c(C(F)(F)F)n1)CCc1ccccc1-2. The van der Waals surface area contributed by atoms with Gasteiger partial charge in [-0.3, -0.25) is 4.79 Å². The smallest absolute Gasteiger partial charge is 0.353 e. The lowest BCUT2D eigenvalue weighted by Gasteiger charge is -2.22. The molecule has 0 saturated carbocycles. The molecule has 1 atom stereocenters. The molecule has 0 aliphatic heterocycles. The van der Waals surface area contributed by atoms with E-state index in [-0.39, 0.29) is 34.8 Å². The van der Waals surface area contributed by atoms with E-state index >= 15 is 0 Å². The van der Waals surface area contributed by atoms with Crippen LogP contribution in [0, 0.1) is 0 Å². The molecule has 8 heteroatoms. The summed E-state index contributed by atoms with van der Waals surface area (Å²) in [6.07, 6.45) is -3.01. The van der Waals surface area contributed by atoms with Gasteiger partial charge in [-0.05, 0) is 31.7 Å². The summed E-state index contributed by atoms with van der Waals surface area (Å²) in [4.78, 5) is 20.1. The minimum absolute atomic E-state index is 0.0140. The Balaban J connectivity index is 1.94. The van der Waals surface area contributed by atoms with Gasteiger partial charge >= 0.3 is 6.18 Å². The summed E-state index contributed by atoms with van der Waals surface area (Å²) < 4.78 is 40.7. The second-order valence-corrected chi connectivity index (χ2v) is 7.44. The zero-order valence-electron chi connectivity index (χ0n) is 15.1. The molecule has 0 unspecified atom stereocenters. The quantitative estimate of drug-likeness (QED) is 0.607. The minimum Gasteiger partial charge on any atom is -0.353 e. The van der Waals surface area contributed by atoms with Gasteiger partial charge in [-0.25, -0.2) is 9.97 Å². The van der Waals surface area contributed by atoms with E-state index in [1.165, 1.54) is 0 Å². The average molecular weight is 395 g/mol. The molecule has 0 spiro atoms. The fraction of sp³-hybridized carbons (Fsp3) is 0.421. The first-order valence-corrected chi connectivity index (χ1v) is 9.76. The van der Waals surface area contributed by atoms with Crippen LogP contribution in [0.1, 0.15) is 37.1 Å². The highest BCUT2D eigenvalue weighted by atomic mass is 32.2. The Morgan fingerprint density at radius 2 is 2.00 bits per heavy atom. The van der Waals surface area contributed by atoms with E-state index in [0.29, 0.717) is 17.7 Å². The number of amides is 1. The van der Waals surface area contributed by atoms with Gasteiger partial charge in [-0.15, -0.1) is 0 Å². The molecule has 0 bridgehead atoms. The minimum atomic E-state index is -4.56. The monoisotopic (exact) mass is 395 g/mol.